The van der Waals surface area contributed by atoms with Gasteiger partial charge in [-0.05, 0) is 35.4 Å². The van der Waals surface area contributed by atoms with Gasteiger partial charge in [-0.3, -0.25) is 15.0 Å². The standard InChI is InChI=1S/C23H23BrN6O4/c24-18-3-1-2-16(10-18)12-25-22-21(30(31)32)23(27-14-26-22)29-8-6-28(7-9-29)13-17-4-5-19-20(11-17)34-15-33-19/h1-5,10-11,14H,6-9,12-13,15H2,(H,25,26,27). The molecular formula is C23H23BrN6O4. The lowest BCUT2D eigenvalue weighted by Crippen LogP contribution is -2.46. The van der Waals surface area contributed by atoms with Gasteiger partial charge in [0.25, 0.3) is 0 Å². The maximum absolute atomic E-state index is 12.0. The number of nitrogens with zero attached hydrogens (tertiary/aromatic N) is 5. The van der Waals surface area contributed by atoms with E-state index in [-0.39, 0.29) is 18.3 Å². The molecule has 1 saturated heterocycles. The highest BCUT2D eigenvalue weighted by molar-refractivity contribution is 9.10. The Morgan fingerprint density at radius 2 is 1.85 bits per heavy atom. The molecule has 0 atom stereocenters. The van der Waals surface area contributed by atoms with Gasteiger partial charge in [-0.1, -0.05) is 34.1 Å². The number of halogens is 1. The summed E-state index contributed by atoms with van der Waals surface area (Å²) in [6.07, 6.45) is 1.38. The fraction of sp³-hybridized carbons (Fsp3) is 0.304. The fourth-order valence-electron chi connectivity index (χ4n) is 4.15. The third kappa shape index (κ3) is 4.90. The molecule has 1 aromatic heterocycles. The molecule has 2 aliphatic rings. The normalized spacial score (nSPS) is 15.4. The number of benzene rings is 2. The predicted octanol–water partition coefficient (Wildman–Crippen LogP) is 3.81. The maximum atomic E-state index is 12.0. The van der Waals surface area contributed by atoms with E-state index in [2.05, 4.69) is 36.1 Å². The summed E-state index contributed by atoms with van der Waals surface area (Å²) in [6.45, 7) is 4.23. The minimum absolute atomic E-state index is 0.0956. The van der Waals surface area contributed by atoms with Gasteiger partial charge < -0.3 is 19.7 Å². The minimum atomic E-state index is -0.405. The summed E-state index contributed by atoms with van der Waals surface area (Å²) < 4.78 is 11.8. The zero-order valence-corrected chi connectivity index (χ0v) is 19.9. The number of nitrogens with one attached hydrogen (secondary N) is 1. The summed E-state index contributed by atoms with van der Waals surface area (Å²) in [5, 5.41) is 15.1. The smallest absolute Gasteiger partial charge is 0.353 e. The average molecular weight is 527 g/mol. The molecule has 0 bridgehead atoms. The van der Waals surface area contributed by atoms with E-state index in [1.54, 1.807) is 0 Å². The molecule has 10 nitrogen and oxygen atoms in total. The minimum Gasteiger partial charge on any atom is -0.454 e. The van der Waals surface area contributed by atoms with Crippen LogP contribution in [-0.4, -0.2) is 52.8 Å². The first kappa shape index (κ1) is 22.4. The van der Waals surface area contributed by atoms with E-state index in [0.29, 0.717) is 25.5 Å². The first-order valence-corrected chi connectivity index (χ1v) is 11.7. The van der Waals surface area contributed by atoms with Crippen molar-refractivity contribution in [2.24, 2.45) is 0 Å². The van der Waals surface area contributed by atoms with E-state index in [0.717, 1.165) is 46.7 Å². The van der Waals surface area contributed by atoms with Crippen molar-refractivity contribution in [1.82, 2.24) is 14.9 Å². The SMILES string of the molecule is O=[N+]([O-])c1c(NCc2cccc(Br)c2)ncnc1N1CCN(Cc2ccc3c(c2)OCO3)CC1. The number of hydrogen-bond acceptors (Lipinski definition) is 9. The Bertz CT molecular complexity index is 1200. The number of ether oxygens (including phenoxy) is 2. The molecule has 1 N–H and O–H groups in total. The monoisotopic (exact) mass is 526 g/mol. The van der Waals surface area contributed by atoms with Gasteiger partial charge >= 0.3 is 5.69 Å². The highest BCUT2D eigenvalue weighted by atomic mass is 79.9. The van der Waals surface area contributed by atoms with Crippen LogP contribution >= 0.6 is 15.9 Å². The molecule has 0 unspecified atom stereocenters. The van der Waals surface area contributed by atoms with E-state index in [1.165, 1.54) is 6.33 Å². The Balaban J connectivity index is 1.25. The van der Waals surface area contributed by atoms with Crippen molar-refractivity contribution in [3.05, 3.63) is 74.5 Å². The van der Waals surface area contributed by atoms with Crippen molar-refractivity contribution >= 4 is 33.3 Å². The fourth-order valence-corrected chi connectivity index (χ4v) is 4.59. The lowest BCUT2D eigenvalue weighted by atomic mass is 10.1. The summed E-state index contributed by atoms with van der Waals surface area (Å²) >= 11 is 3.44. The Hall–Kier alpha value is -3.44. The van der Waals surface area contributed by atoms with E-state index >= 15 is 0 Å². The molecule has 2 aromatic carbocycles. The average Bonchev–Trinajstić information content (AvgIpc) is 3.31. The zero-order chi connectivity index (χ0) is 23.5. The molecule has 0 aliphatic carbocycles. The second-order valence-electron chi connectivity index (χ2n) is 8.09. The molecule has 0 saturated carbocycles. The highest BCUT2D eigenvalue weighted by Crippen LogP contribution is 2.34. The summed E-state index contributed by atoms with van der Waals surface area (Å²) in [6, 6.07) is 13.7. The van der Waals surface area contributed by atoms with Gasteiger partial charge in [-0.2, -0.15) is 0 Å². The molecule has 0 spiro atoms. The first-order chi connectivity index (χ1) is 16.6. The molecular weight excluding hydrogens is 504 g/mol. The highest BCUT2D eigenvalue weighted by Gasteiger charge is 2.29. The second-order valence-corrected chi connectivity index (χ2v) is 9.00. The van der Waals surface area contributed by atoms with Crippen molar-refractivity contribution in [2.45, 2.75) is 13.1 Å². The molecule has 0 radical (unpaired) electrons. The van der Waals surface area contributed by atoms with E-state index < -0.39 is 4.92 Å². The van der Waals surface area contributed by atoms with Crippen LogP contribution in [0.4, 0.5) is 17.3 Å². The van der Waals surface area contributed by atoms with Gasteiger partial charge in [0.1, 0.15) is 6.33 Å². The van der Waals surface area contributed by atoms with Crippen molar-refractivity contribution in [1.29, 1.82) is 0 Å². The Kier molecular flexibility index (Phi) is 6.45. The van der Waals surface area contributed by atoms with Crippen LogP contribution in [0, 0.1) is 10.1 Å². The van der Waals surface area contributed by atoms with Gasteiger partial charge in [0.2, 0.25) is 18.4 Å². The van der Waals surface area contributed by atoms with E-state index in [1.807, 2.05) is 47.4 Å². The van der Waals surface area contributed by atoms with Crippen LogP contribution in [0.3, 0.4) is 0 Å². The van der Waals surface area contributed by atoms with Crippen LogP contribution in [0.1, 0.15) is 11.1 Å². The number of hydrogen-bond donors (Lipinski definition) is 1. The van der Waals surface area contributed by atoms with Gasteiger partial charge in [-0.15, -0.1) is 0 Å². The summed E-state index contributed by atoms with van der Waals surface area (Å²) in [5.74, 6) is 2.11. The van der Waals surface area contributed by atoms with Crippen LogP contribution in [0.5, 0.6) is 11.5 Å². The molecule has 176 valence electrons. The van der Waals surface area contributed by atoms with Crippen molar-refractivity contribution in [2.75, 3.05) is 43.2 Å². The number of fused-ring (bicyclic) bond motifs is 1. The molecule has 3 aromatic rings. The van der Waals surface area contributed by atoms with E-state index in [9.17, 15) is 10.1 Å². The molecule has 2 aliphatic heterocycles. The summed E-state index contributed by atoms with van der Waals surface area (Å²) in [5.41, 5.74) is 2.03. The third-order valence-corrected chi connectivity index (χ3v) is 6.34. The van der Waals surface area contributed by atoms with Crippen molar-refractivity contribution in [3.63, 3.8) is 0 Å². The van der Waals surface area contributed by atoms with Gasteiger partial charge in [0.15, 0.2) is 11.5 Å². The second kappa shape index (κ2) is 9.82. The van der Waals surface area contributed by atoms with Crippen LogP contribution < -0.4 is 19.7 Å². The van der Waals surface area contributed by atoms with Crippen LogP contribution in [0.25, 0.3) is 0 Å². The predicted molar refractivity (Wildman–Crippen MR) is 130 cm³/mol. The Morgan fingerprint density at radius 1 is 1.03 bits per heavy atom. The maximum Gasteiger partial charge on any atom is 0.353 e. The molecule has 11 heteroatoms. The van der Waals surface area contributed by atoms with Crippen LogP contribution in [0.2, 0.25) is 0 Å². The number of nitro groups is 1. The third-order valence-electron chi connectivity index (χ3n) is 5.85. The lowest BCUT2D eigenvalue weighted by molar-refractivity contribution is -0.383. The van der Waals surface area contributed by atoms with Crippen LogP contribution in [0.15, 0.2) is 53.3 Å². The molecule has 1 fully saturated rings. The number of aromatic nitrogens is 2. The number of anilines is 2. The topological polar surface area (TPSA) is 106 Å². The summed E-state index contributed by atoms with van der Waals surface area (Å²) in [7, 11) is 0. The largest absolute Gasteiger partial charge is 0.454 e. The van der Waals surface area contributed by atoms with Crippen molar-refractivity contribution in [3.8, 4) is 11.5 Å². The number of piperazine rings is 1. The van der Waals surface area contributed by atoms with E-state index in [4.69, 9.17) is 9.47 Å². The lowest BCUT2D eigenvalue weighted by Gasteiger charge is -2.35. The Labute approximate surface area is 204 Å². The van der Waals surface area contributed by atoms with Gasteiger partial charge in [-0.25, -0.2) is 9.97 Å². The van der Waals surface area contributed by atoms with Crippen molar-refractivity contribution < 1.29 is 14.4 Å². The summed E-state index contributed by atoms with van der Waals surface area (Å²) in [4.78, 5) is 24.3. The molecule has 3 heterocycles. The molecule has 5 rings (SSSR count). The van der Waals surface area contributed by atoms with Gasteiger partial charge in [0, 0.05) is 43.7 Å². The zero-order valence-electron chi connectivity index (χ0n) is 18.3. The molecule has 34 heavy (non-hydrogen) atoms. The van der Waals surface area contributed by atoms with Gasteiger partial charge in [0.05, 0.1) is 4.92 Å². The first-order valence-electron chi connectivity index (χ1n) is 10.9. The Morgan fingerprint density at radius 3 is 2.65 bits per heavy atom. The quantitative estimate of drug-likeness (QED) is 0.363. The van der Waals surface area contributed by atoms with Crippen LogP contribution in [-0.2, 0) is 13.1 Å². The number of rotatable bonds is 7. The molecule has 0 amide bonds.